The lowest BCUT2D eigenvalue weighted by molar-refractivity contribution is -0.133. The molecule has 1 aromatic carbocycles. The van der Waals surface area contributed by atoms with Crippen molar-refractivity contribution < 1.29 is 9.59 Å². The van der Waals surface area contributed by atoms with Gasteiger partial charge in [0.2, 0.25) is 11.8 Å². The van der Waals surface area contributed by atoms with Gasteiger partial charge in [-0.2, -0.15) is 0 Å². The summed E-state index contributed by atoms with van der Waals surface area (Å²) in [5.74, 6) is 0.291. The molecule has 0 radical (unpaired) electrons. The minimum atomic E-state index is 0.0774. The molecule has 0 aromatic heterocycles. The Kier molecular flexibility index (Phi) is 7.44. The van der Waals surface area contributed by atoms with Crippen LogP contribution >= 0.6 is 0 Å². The molecule has 1 unspecified atom stereocenters. The molecule has 1 fully saturated rings. The standard InChI is InChI=1S/C20H31N3O2/c1-4-17(3)21-19(24)15-22-10-12-23(13-11-22)20(25)9-8-18-7-5-6-16(2)14-18/h5-7,14,17H,4,8-13,15H2,1-3H3,(H,21,24). The van der Waals surface area contributed by atoms with Gasteiger partial charge in [0.15, 0.2) is 0 Å². The van der Waals surface area contributed by atoms with Crippen molar-refractivity contribution in [2.45, 2.75) is 46.1 Å². The van der Waals surface area contributed by atoms with Crippen LogP contribution < -0.4 is 5.32 Å². The summed E-state index contributed by atoms with van der Waals surface area (Å²) < 4.78 is 0. The molecule has 1 N–H and O–H groups in total. The highest BCUT2D eigenvalue weighted by Gasteiger charge is 2.22. The smallest absolute Gasteiger partial charge is 0.234 e. The molecular formula is C20H31N3O2. The summed E-state index contributed by atoms with van der Waals surface area (Å²) in [6.45, 7) is 9.53. The second-order valence-corrected chi connectivity index (χ2v) is 7.02. The zero-order valence-corrected chi connectivity index (χ0v) is 15.8. The van der Waals surface area contributed by atoms with Gasteiger partial charge in [-0.25, -0.2) is 0 Å². The third-order valence-electron chi connectivity index (χ3n) is 4.82. The van der Waals surface area contributed by atoms with Crippen LogP contribution in [0.2, 0.25) is 0 Å². The lowest BCUT2D eigenvalue weighted by Gasteiger charge is -2.34. The molecule has 2 rings (SSSR count). The van der Waals surface area contributed by atoms with E-state index in [1.807, 2.05) is 17.9 Å². The van der Waals surface area contributed by atoms with E-state index in [4.69, 9.17) is 0 Å². The summed E-state index contributed by atoms with van der Waals surface area (Å²) in [6, 6.07) is 8.55. The molecule has 138 valence electrons. The Morgan fingerprint density at radius 1 is 1.20 bits per heavy atom. The summed E-state index contributed by atoms with van der Waals surface area (Å²) in [7, 11) is 0. The third kappa shape index (κ3) is 6.50. The Morgan fingerprint density at radius 3 is 2.56 bits per heavy atom. The van der Waals surface area contributed by atoms with Gasteiger partial charge in [-0.3, -0.25) is 14.5 Å². The van der Waals surface area contributed by atoms with Crippen molar-refractivity contribution in [2.75, 3.05) is 32.7 Å². The maximum absolute atomic E-state index is 12.4. The largest absolute Gasteiger partial charge is 0.353 e. The number of benzene rings is 1. The Hall–Kier alpha value is -1.88. The molecule has 1 aromatic rings. The van der Waals surface area contributed by atoms with Crippen LogP contribution in [0.1, 0.15) is 37.8 Å². The molecule has 1 atom stereocenters. The Balaban J connectivity index is 1.70. The number of amides is 2. The first-order chi connectivity index (χ1) is 12.0. The van der Waals surface area contributed by atoms with Gasteiger partial charge in [-0.05, 0) is 32.3 Å². The molecule has 0 bridgehead atoms. The van der Waals surface area contributed by atoms with Crippen molar-refractivity contribution in [3.63, 3.8) is 0 Å². The molecule has 25 heavy (non-hydrogen) atoms. The van der Waals surface area contributed by atoms with Gasteiger partial charge in [0, 0.05) is 38.6 Å². The molecule has 5 nitrogen and oxygen atoms in total. The van der Waals surface area contributed by atoms with Crippen LogP contribution in [0.3, 0.4) is 0 Å². The van der Waals surface area contributed by atoms with Crippen LogP contribution in [0, 0.1) is 6.92 Å². The fourth-order valence-corrected chi connectivity index (χ4v) is 3.06. The van der Waals surface area contributed by atoms with Gasteiger partial charge in [-0.15, -0.1) is 0 Å². The van der Waals surface area contributed by atoms with Crippen LogP contribution in [-0.4, -0.2) is 60.4 Å². The quantitative estimate of drug-likeness (QED) is 0.822. The van der Waals surface area contributed by atoms with E-state index in [0.717, 1.165) is 25.9 Å². The number of nitrogens with one attached hydrogen (secondary N) is 1. The fraction of sp³-hybridized carbons (Fsp3) is 0.600. The SMILES string of the molecule is CCC(C)NC(=O)CN1CCN(C(=O)CCc2cccc(C)c2)CC1. The van der Waals surface area contributed by atoms with E-state index in [1.54, 1.807) is 0 Å². The monoisotopic (exact) mass is 345 g/mol. The topological polar surface area (TPSA) is 52.7 Å². The predicted molar refractivity (Wildman–Crippen MR) is 100 cm³/mol. The molecule has 5 heteroatoms. The fourth-order valence-electron chi connectivity index (χ4n) is 3.06. The van der Waals surface area contributed by atoms with Gasteiger partial charge >= 0.3 is 0 Å². The van der Waals surface area contributed by atoms with E-state index in [2.05, 4.69) is 42.3 Å². The number of carbonyl (C=O) groups is 2. The van der Waals surface area contributed by atoms with Crippen molar-refractivity contribution >= 4 is 11.8 Å². The van der Waals surface area contributed by atoms with Crippen molar-refractivity contribution in [1.82, 2.24) is 15.1 Å². The molecular weight excluding hydrogens is 314 g/mol. The Bertz CT molecular complexity index is 580. The molecule has 0 aliphatic carbocycles. The number of hydrogen-bond donors (Lipinski definition) is 1. The number of rotatable bonds is 7. The van der Waals surface area contributed by atoms with Crippen LogP contribution in [-0.2, 0) is 16.0 Å². The number of nitrogens with zero attached hydrogens (tertiary/aromatic N) is 2. The molecule has 0 spiro atoms. The van der Waals surface area contributed by atoms with Crippen molar-refractivity contribution in [3.05, 3.63) is 35.4 Å². The minimum absolute atomic E-state index is 0.0774. The van der Waals surface area contributed by atoms with Crippen LogP contribution in [0.4, 0.5) is 0 Å². The summed E-state index contributed by atoms with van der Waals surface area (Å²) in [5, 5.41) is 2.99. The minimum Gasteiger partial charge on any atom is -0.353 e. The van der Waals surface area contributed by atoms with E-state index in [1.165, 1.54) is 11.1 Å². The second-order valence-electron chi connectivity index (χ2n) is 7.02. The highest BCUT2D eigenvalue weighted by molar-refractivity contribution is 5.78. The zero-order valence-electron chi connectivity index (χ0n) is 15.8. The highest BCUT2D eigenvalue weighted by Crippen LogP contribution is 2.09. The first-order valence-electron chi connectivity index (χ1n) is 9.33. The molecule has 0 saturated carbocycles. The average Bonchev–Trinajstić information content (AvgIpc) is 2.60. The van der Waals surface area contributed by atoms with Gasteiger partial charge in [0.1, 0.15) is 0 Å². The van der Waals surface area contributed by atoms with E-state index in [-0.39, 0.29) is 17.9 Å². The van der Waals surface area contributed by atoms with Gasteiger partial charge in [0.25, 0.3) is 0 Å². The van der Waals surface area contributed by atoms with Crippen molar-refractivity contribution in [1.29, 1.82) is 0 Å². The number of carbonyl (C=O) groups excluding carboxylic acids is 2. The molecule has 2 amide bonds. The van der Waals surface area contributed by atoms with E-state index >= 15 is 0 Å². The predicted octanol–water partition coefficient (Wildman–Crippen LogP) is 1.99. The van der Waals surface area contributed by atoms with Crippen molar-refractivity contribution in [3.8, 4) is 0 Å². The third-order valence-corrected chi connectivity index (χ3v) is 4.82. The second kappa shape index (κ2) is 9.56. The van der Waals surface area contributed by atoms with Crippen LogP contribution in [0.15, 0.2) is 24.3 Å². The average molecular weight is 345 g/mol. The maximum Gasteiger partial charge on any atom is 0.234 e. The summed E-state index contributed by atoms with van der Waals surface area (Å²) in [5.41, 5.74) is 2.45. The van der Waals surface area contributed by atoms with Gasteiger partial charge in [0.05, 0.1) is 6.54 Å². The zero-order chi connectivity index (χ0) is 18.2. The normalized spacial score (nSPS) is 16.5. The Morgan fingerprint density at radius 2 is 1.92 bits per heavy atom. The van der Waals surface area contributed by atoms with Gasteiger partial charge < -0.3 is 10.2 Å². The molecule has 1 heterocycles. The van der Waals surface area contributed by atoms with E-state index < -0.39 is 0 Å². The summed E-state index contributed by atoms with van der Waals surface area (Å²) in [4.78, 5) is 28.4. The van der Waals surface area contributed by atoms with Crippen molar-refractivity contribution in [2.24, 2.45) is 0 Å². The lowest BCUT2D eigenvalue weighted by Crippen LogP contribution is -2.51. The molecule has 1 aliphatic heterocycles. The van der Waals surface area contributed by atoms with E-state index in [0.29, 0.717) is 26.1 Å². The van der Waals surface area contributed by atoms with E-state index in [9.17, 15) is 9.59 Å². The summed E-state index contributed by atoms with van der Waals surface area (Å²) >= 11 is 0. The number of hydrogen-bond acceptors (Lipinski definition) is 3. The lowest BCUT2D eigenvalue weighted by atomic mass is 10.1. The molecule has 1 saturated heterocycles. The first-order valence-corrected chi connectivity index (χ1v) is 9.33. The summed E-state index contributed by atoms with van der Waals surface area (Å²) in [6.07, 6.45) is 2.28. The number of piperazine rings is 1. The van der Waals surface area contributed by atoms with Crippen LogP contribution in [0.25, 0.3) is 0 Å². The highest BCUT2D eigenvalue weighted by atomic mass is 16.2. The maximum atomic E-state index is 12.4. The molecule has 1 aliphatic rings. The number of aryl methyl sites for hydroxylation is 2. The van der Waals surface area contributed by atoms with Gasteiger partial charge in [-0.1, -0.05) is 36.8 Å². The van der Waals surface area contributed by atoms with Crippen LogP contribution in [0.5, 0.6) is 0 Å². The Labute approximate surface area is 151 Å². The first kappa shape index (κ1) is 19.4.